The van der Waals surface area contributed by atoms with Gasteiger partial charge in [-0.2, -0.15) is 5.10 Å². The molecular weight excluding hydrogens is 340 g/mol. The molecular formula is C20H24N6O. The summed E-state index contributed by atoms with van der Waals surface area (Å²) >= 11 is 0. The summed E-state index contributed by atoms with van der Waals surface area (Å²) in [4.78, 5) is 23.7. The highest BCUT2D eigenvalue weighted by Gasteiger charge is 2.29. The maximum Gasteiger partial charge on any atom is 0.257 e. The van der Waals surface area contributed by atoms with Gasteiger partial charge in [-0.1, -0.05) is 6.07 Å². The van der Waals surface area contributed by atoms with Crippen LogP contribution in [0.3, 0.4) is 0 Å². The van der Waals surface area contributed by atoms with Gasteiger partial charge in [-0.05, 0) is 44.7 Å². The second-order valence-corrected chi connectivity index (χ2v) is 6.98. The second-order valence-electron chi connectivity index (χ2n) is 6.98. The summed E-state index contributed by atoms with van der Waals surface area (Å²) in [5.41, 5.74) is 1.49. The number of nitrogens with zero attached hydrogens (tertiary/aromatic N) is 6. The normalized spacial score (nSPS) is 17.2. The van der Waals surface area contributed by atoms with Crippen molar-refractivity contribution in [3.63, 3.8) is 0 Å². The smallest absolute Gasteiger partial charge is 0.257 e. The zero-order chi connectivity index (χ0) is 18.6. The van der Waals surface area contributed by atoms with Crippen LogP contribution in [-0.4, -0.2) is 47.7 Å². The maximum absolute atomic E-state index is 13.3. The Morgan fingerprint density at radius 2 is 2.19 bits per heavy atom. The van der Waals surface area contributed by atoms with E-state index in [0.29, 0.717) is 5.56 Å². The molecule has 140 valence electrons. The van der Waals surface area contributed by atoms with Crippen LogP contribution in [0, 0.1) is 6.92 Å². The Kier molecular flexibility index (Phi) is 5.00. The number of aromatic nitrogens is 5. The van der Waals surface area contributed by atoms with Gasteiger partial charge in [0.1, 0.15) is 0 Å². The molecule has 4 rings (SSSR count). The summed E-state index contributed by atoms with van der Waals surface area (Å²) in [6.45, 7) is 3.61. The van der Waals surface area contributed by atoms with Crippen molar-refractivity contribution in [3.05, 3.63) is 60.6 Å². The van der Waals surface area contributed by atoms with Crippen LogP contribution in [0.1, 0.15) is 41.7 Å². The lowest BCUT2D eigenvalue weighted by Gasteiger charge is -2.36. The van der Waals surface area contributed by atoms with Gasteiger partial charge in [-0.25, -0.2) is 14.6 Å². The number of carbonyl (C=O) groups is 1. The number of likely N-dealkylation sites (tertiary alicyclic amines) is 1. The first-order chi connectivity index (χ1) is 13.2. The number of hydrogen-bond acceptors (Lipinski definition) is 4. The first-order valence-electron chi connectivity index (χ1n) is 9.47. The predicted molar refractivity (Wildman–Crippen MR) is 102 cm³/mol. The minimum atomic E-state index is 0.0741. The van der Waals surface area contributed by atoms with Crippen molar-refractivity contribution in [2.75, 3.05) is 6.54 Å². The van der Waals surface area contributed by atoms with Gasteiger partial charge in [-0.15, -0.1) is 0 Å². The molecule has 1 fully saturated rings. The number of hydrogen-bond donors (Lipinski definition) is 0. The van der Waals surface area contributed by atoms with E-state index in [4.69, 9.17) is 0 Å². The Hall–Kier alpha value is -2.96. The van der Waals surface area contributed by atoms with E-state index >= 15 is 0 Å². The molecule has 0 bridgehead atoms. The summed E-state index contributed by atoms with van der Waals surface area (Å²) < 4.78 is 3.80. The Balaban J connectivity index is 1.52. The molecule has 0 radical (unpaired) electrons. The third-order valence-electron chi connectivity index (χ3n) is 5.27. The molecule has 3 aromatic rings. The third-order valence-corrected chi connectivity index (χ3v) is 5.27. The van der Waals surface area contributed by atoms with Crippen molar-refractivity contribution < 1.29 is 4.79 Å². The zero-order valence-electron chi connectivity index (χ0n) is 15.5. The average molecular weight is 364 g/mol. The molecule has 0 saturated carbocycles. The fourth-order valence-electron chi connectivity index (χ4n) is 3.77. The minimum absolute atomic E-state index is 0.0741. The van der Waals surface area contributed by atoms with Gasteiger partial charge in [0, 0.05) is 37.7 Å². The van der Waals surface area contributed by atoms with E-state index in [1.807, 2.05) is 42.5 Å². The van der Waals surface area contributed by atoms with Crippen molar-refractivity contribution in [2.24, 2.45) is 0 Å². The fourth-order valence-corrected chi connectivity index (χ4v) is 3.77. The number of imidazole rings is 1. The maximum atomic E-state index is 13.3. The molecule has 7 nitrogen and oxygen atoms in total. The van der Waals surface area contributed by atoms with Gasteiger partial charge in [0.2, 0.25) is 0 Å². The SMILES string of the molecule is Cc1c(C(=O)N2CCCC[C@H]2CCn2ccnc2)cnn1-c1ccccn1. The lowest BCUT2D eigenvalue weighted by molar-refractivity contribution is 0.0594. The van der Waals surface area contributed by atoms with Gasteiger partial charge in [-0.3, -0.25) is 4.79 Å². The predicted octanol–water partition coefficient (Wildman–Crippen LogP) is 2.86. The average Bonchev–Trinajstić information content (AvgIpc) is 3.36. The first kappa shape index (κ1) is 17.5. The van der Waals surface area contributed by atoms with Crippen LogP contribution in [0.15, 0.2) is 49.3 Å². The van der Waals surface area contributed by atoms with Crippen molar-refractivity contribution >= 4 is 5.91 Å². The molecule has 0 aliphatic carbocycles. The van der Waals surface area contributed by atoms with E-state index in [1.54, 1.807) is 23.3 Å². The van der Waals surface area contributed by atoms with E-state index in [0.717, 1.165) is 43.9 Å². The van der Waals surface area contributed by atoms with E-state index < -0.39 is 0 Å². The van der Waals surface area contributed by atoms with Crippen molar-refractivity contribution in [2.45, 2.75) is 45.2 Å². The highest BCUT2D eigenvalue weighted by atomic mass is 16.2. The quantitative estimate of drug-likeness (QED) is 0.698. The summed E-state index contributed by atoms with van der Waals surface area (Å²) in [5, 5.41) is 4.41. The molecule has 3 aromatic heterocycles. The van der Waals surface area contributed by atoms with Gasteiger partial charge in [0.15, 0.2) is 5.82 Å². The Morgan fingerprint density at radius 3 is 2.96 bits per heavy atom. The van der Waals surface area contributed by atoms with E-state index in [9.17, 15) is 4.79 Å². The van der Waals surface area contributed by atoms with Crippen molar-refractivity contribution in [1.82, 2.24) is 29.2 Å². The Morgan fingerprint density at radius 1 is 1.26 bits per heavy atom. The number of carbonyl (C=O) groups excluding carboxylic acids is 1. The topological polar surface area (TPSA) is 68.8 Å². The molecule has 1 aliphatic heterocycles. The van der Waals surface area contributed by atoms with Crippen molar-refractivity contribution in [1.29, 1.82) is 0 Å². The molecule has 0 aromatic carbocycles. The second kappa shape index (κ2) is 7.73. The lowest BCUT2D eigenvalue weighted by Crippen LogP contribution is -2.44. The zero-order valence-corrected chi connectivity index (χ0v) is 15.5. The van der Waals surface area contributed by atoms with E-state index in [-0.39, 0.29) is 11.9 Å². The van der Waals surface area contributed by atoms with Crippen LogP contribution in [-0.2, 0) is 6.54 Å². The third kappa shape index (κ3) is 3.63. The molecule has 0 spiro atoms. The molecule has 1 saturated heterocycles. The first-order valence-corrected chi connectivity index (χ1v) is 9.47. The van der Waals surface area contributed by atoms with Gasteiger partial charge in [0.05, 0.1) is 23.8 Å². The van der Waals surface area contributed by atoms with Crippen LogP contribution in [0.25, 0.3) is 5.82 Å². The van der Waals surface area contributed by atoms with Crippen LogP contribution in [0.5, 0.6) is 0 Å². The van der Waals surface area contributed by atoms with E-state index in [1.165, 1.54) is 6.42 Å². The highest BCUT2D eigenvalue weighted by molar-refractivity contribution is 5.95. The minimum Gasteiger partial charge on any atom is -0.337 e. The molecule has 7 heteroatoms. The largest absolute Gasteiger partial charge is 0.337 e. The number of rotatable bonds is 5. The molecule has 27 heavy (non-hydrogen) atoms. The van der Waals surface area contributed by atoms with Gasteiger partial charge < -0.3 is 9.47 Å². The number of pyridine rings is 1. The highest BCUT2D eigenvalue weighted by Crippen LogP contribution is 2.24. The monoisotopic (exact) mass is 364 g/mol. The molecule has 1 aliphatic rings. The van der Waals surface area contributed by atoms with Crippen LogP contribution >= 0.6 is 0 Å². The summed E-state index contributed by atoms with van der Waals surface area (Å²) in [6.07, 6.45) is 13.2. The van der Waals surface area contributed by atoms with Crippen molar-refractivity contribution in [3.8, 4) is 5.82 Å². The molecule has 1 amide bonds. The standard InChI is InChI=1S/C20H24N6O/c1-16-18(14-23-26(16)19-7-2-4-9-22-19)20(27)25-11-5-3-6-17(25)8-12-24-13-10-21-15-24/h2,4,7,9-10,13-15,17H,3,5-6,8,11-12H2,1H3/t17-/m0/s1. The molecule has 4 heterocycles. The molecule has 0 unspecified atom stereocenters. The van der Waals surface area contributed by atoms with Gasteiger partial charge in [0.25, 0.3) is 5.91 Å². The Bertz CT molecular complexity index is 887. The number of piperidine rings is 1. The molecule has 0 N–H and O–H groups in total. The Labute approximate surface area is 158 Å². The van der Waals surface area contributed by atoms with Crippen LogP contribution < -0.4 is 0 Å². The fraction of sp³-hybridized carbons (Fsp3) is 0.400. The van der Waals surface area contributed by atoms with Gasteiger partial charge >= 0.3 is 0 Å². The summed E-state index contributed by atoms with van der Waals surface area (Å²) in [5.74, 6) is 0.800. The number of aryl methyl sites for hydroxylation is 1. The van der Waals surface area contributed by atoms with Crippen LogP contribution in [0.4, 0.5) is 0 Å². The summed E-state index contributed by atoms with van der Waals surface area (Å²) in [6, 6.07) is 5.93. The summed E-state index contributed by atoms with van der Waals surface area (Å²) in [7, 11) is 0. The lowest BCUT2D eigenvalue weighted by atomic mass is 9.98. The van der Waals surface area contributed by atoms with Crippen LogP contribution in [0.2, 0.25) is 0 Å². The number of amides is 1. The molecule has 1 atom stereocenters. The van der Waals surface area contributed by atoms with E-state index in [2.05, 4.69) is 19.6 Å².